The van der Waals surface area contributed by atoms with Crippen molar-refractivity contribution in [3.05, 3.63) is 53.7 Å². The van der Waals surface area contributed by atoms with Gasteiger partial charge in [-0.3, -0.25) is 9.59 Å². The van der Waals surface area contributed by atoms with Gasteiger partial charge in [0.2, 0.25) is 5.91 Å². The van der Waals surface area contributed by atoms with Crippen LogP contribution in [0.4, 0.5) is 5.69 Å². The molecule has 1 N–H and O–H groups in total. The smallest absolute Gasteiger partial charge is 0.311 e. The van der Waals surface area contributed by atoms with Crippen LogP contribution in [-0.4, -0.2) is 43.9 Å². The minimum atomic E-state index is -0.506. The van der Waals surface area contributed by atoms with Crippen LogP contribution in [0.15, 0.2) is 37.1 Å². The van der Waals surface area contributed by atoms with Gasteiger partial charge in [-0.05, 0) is 66.5 Å². The highest BCUT2D eigenvalue weighted by atomic mass is 16.5. The van der Waals surface area contributed by atoms with Crippen molar-refractivity contribution >= 4 is 17.6 Å². The standard InChI is InChI=1S/C29H36N6O3/c1-18(2)20-7-9-22-21(8-10-24-28(22,3)11-6-12-29(24,4)27(37)38-5)26(20)32-25(36)16-35-15-23(33-34-35)19-13-30-17-31-14-19/h7,9,13-15,17-18,24H,6,8,10-12,16H2,1-5H3,(H,32,36)/t24-,28-,29-/m1/s1. The molecule has 1 fully saturated rings. The number of hydrogen-bond acceptors (Lipinski definition) is 7. The molecule has 5 rings (SSSR count). The number of ether oxygens (including phenoxy) is 1. The molecule has 2 aromatic heterocycles. The molecule has 2 heterocycles. The van der Waals surface area contributed by atoms with Gasteiger partial charge in [-0.25, -0.2) is 14.6 Å². The van der Waals surface area contributed by atoms with E-state index in [1.54, 1.807) is 18.6 Å². The average Bonchev–Trinajstić information content (AvgIpc) is 3.37. The third kappa shape index (κ3) is 4.37. The highest BCUT2D eigenvalue weighted by molar-refractivity contribution is 5.93. The molecule has 38 heavy (non-hydrogen) atoms. The topological polar surface area (TPSA) is 112 Å². The molecule has 9 nitrogen and oxygen atoms in total. The van der Waals surface area contributed by atoms with Crippen molar-refractivity contribution in [1.29, 1.82) is 0 Å². The Morgan fingerprint density at radius 3 is 2.66 bits per heavy atom. The SMILES string of the molecule is COC(=O)[C@]1(C)CCC[C@]2(C)c3ccc(C(C)C)c(NC(=O)Cn4cc(-c5cncnc5)nn4)c3CC[C@@H]12. The van der Waals surface area contributed by atoms with Crippen LogP contribution in [-0.2, 0) is 32.7 Å². The number of anilines is 1. The number of methoxy groups -OCH3 is 1. The summed E-state index contributed by atoms with van der Waals surface area (Å²) in [7, 11) is 1.49. The fourth-order valence-electron chi connectivity index (χ4n) is 6.95. The van der Waals surface area contributed by atoms with E-state index in [1.165, 1.54) is 29.2 Å². The molecular formula is C29H36N6O3. The van der Waals surface area contributed by atoms with Crippen molar-refractivity contribution < 1.29 is 14.3 Å². The quantitative estimate of drug-likeness (QED) is 0.474. The van der Waals surface area contributed by atoms with E-state index in [1.807, 2.05) is 0 Å². The monoisotopic (exact) mass is 516 g/mol. The Labute approximate surface area is 223 Å². The minimum absolute atomic E-state index is 0.0438. The van der Waals surface area contributed by atoms with Crippen LogP contribution in [0.25, 0.3) is 11.3 Å². The van der Waals surface area contributed by atoms with Gasteiger partial charge in [-0.1, -0.05) is 44.5 Å². The number of fused-ring (bicyclic) bond motifs is 3. The van der Waals surface area contributed by atoms with E-state index < -0.39 is 5.41 Å². The van der Waals surface area contributed by atoms with Gasteiger partial charge in [-0.15, -0.1) is 5.10 Å². The van der Waals surface area contributed by atoms with Crippen molar-refractivity contribution in [3.63, 3.8) is 0 Å². The molecule has 1 aromatic carbocycles. The van der Waals surface area contributed by atoms with Crippen molar-refractivity contribution in [2.45, 2.75) is 77.7 Å². The molecule has 2 aliphatic rings. The molecule has 2 aliphatic carbocycles. The lowest BCUT2D eigenvalue weighted by Gasteiger charge is -2.54. The molecule has 0 aliphatic heterocycles. The molecule has 3 atom stereocenters. The molecule has 0 bridgehead atoms. The van der Waals surface area contributed by atoms with Gasteiger partial charge in [0.05, 0.1) is 18.7 Å². The predicted octanol–water partition coefficient (Wildman–Crippen LogP) is 4.68. The third-order valence-electron chi connectivity index (χ3n) is 8.81. The predicted molar refractivity (Wildman–Crippen MR) is 143 cm³/mol. The van der Waals surface area contributed by atoms with Crippen LogP contribution in [0.3, 0.4) is 0 Å². The van der Waals surface area contributed by atoms with Crippen LogP contribution in [0.5, 0.6) is 0 Å². The van der Waals surface area contributed by atoms with Crippen molar-refractivity contribution in [1.82, 2.24) is 25.0 Å². The summed E-state index contributed by atoms with van der Waals surface area (Å²) in [6, 6.07) is 4.39. The van der Waals surface area contributed by atoms with Crippen LogP contribution >= 0.6 is 0 Å². The lowest BCUT2D eigenvalue weighted by Crippen LogP contribution is -2.52. The molecule has 1 saturated carbocycles. The van der Waals surface area contributed by atoms with Crippen LogP contribution < -0.4 is 5.32 Å². The van der Waals surface area contributed by atoms with E-state index in [0.29, 0.717) is 5.69 Å². The summed E-state index contributed by atoms with van der Waals surface area (Å²) in [6.45, 7) is 8.70. The number of hydrogen-bond donors (Lipinski definition) is 1. The number of nitrogens with zero attached hydrogens (tertiary/aromatic N) is 5. The summed E-state index contributed by atoms with van der Waals surface area (Å²) in [5.74, 6) is 0.159. The summed E-state index contributed by atoms with van der Waals surface area (Å²) in [5.41, 5.74) is 5.15. The number of rotatable bonds is 6. The molecule has 0 unspecified atom stereocenters. The molecule has 0 radical (unpaired) electrons. The fourth-order valence-corrected chi connectivity index (χ4v) is 6.95. The zero-order chi connectivity index (χ0) is 27.1. The fraction of sp³-hybridized carbons (Fsp3) is 0.517. The maximum atomic E-state index is 13.3. The van der Waals surface area contributed by atoms with Gasteiger partial charge in [0.25, 0.3) is 0 Å². The summed E-state index contributed by atoms with van der Waals surface area (Å²) in [5, 5.41) is 11.5. The van der Waals surface area contributed by atoms with Gasteiger partial charge >= 0.3 is 5.97 Å². The first kappa shape index (κ1) is 26.0. The Morgan fingerprint density at radius 2 is 1.95 bits per heavy atom. The van der Waals surface area contributed by atoms with Crippen molar-refractivity contribution in [3.8, 4) is 11.3 Å². The second-order valence-corrected chi connectivity index (χ2v) is 11.5. The molecular weight excluding hydrogens is 480 g/mol. The van der Waals surface area contributed by atoms with E-state index in [0.717, 1.165) is 48.9 Å². The van der Waals surface area contributed by atoms with E-state index in [9.17, 15) is 9.59 Å². The molecule has 9 heteroatoms. The third-order valence-corrected chi connectivity index (χ3v) is 8.81. The number of nitrogens with one attached hydrogen (secondary N) is 1. The highest BCUT2D eigenvalue weighted by Crippen LogP contribution is 2.58. The Bertz CT molecular complexity index is 1350. The Balaban J connectivity index is 1.45. The molecule has 0 spiro atoms. The van der Waals surface area contributed by atoms with Gasteiger partial charge in [0.15, 0.2) is 0 Å². The summed E-state index contributed by atoms with van der Waals surface area (Å²) >= 11 is 0. The van der Waals surface area contributed by atoms with Crippen molar-refractivity contribution in [2.24, 2.45) is 11.3 Å². The molecule has 0 saturated heterocycles. The Morgan fingerprint density at radius 1 is 1.18 bits per heavy atom. The van der Waals surface area contributed by atoms with E-state index in [-0.39, 0.29) is 35.7 Å². The number of amides is 1. The van der Waals surface area contributed by atoms with Crippen LogP contribution in [0.2, 0.25) is 0 Å². The van der Waals surface area contributed by atoms with Gasteiger partial charge in [-0.2, -0.15) is 0 Å². The number of benzene rings is 1. The zero-order valence-corrected chi connectivity index (χ0v) is 22.8. The number of carbonyl (C=O) groups is 2. The van der Waals surface area contributed by atoms with Gasteiger partial charge in [0.1, 0.15) is 18.6 Å². The first-order chi connectivity index (χ1) is 18.2. The summed E-state index contributed by atoms with van der Waals surface area (Å²) in [4.78, 5) is 34.3. The lowest BCUT2D eigenvalue weighted by molar-refractivity contribution is -0.161. The Kier molecular flexibility index (Phi) is 6.79. The van der Waals surface area contributed by atoms with E-state index in [4.69, 9.17) is 4.74 Å². The minimum Gasteiger partial charge on any atom is -0.469 e. The molecule has 3 aromatic rings. The maximum absolute atomic E-state index is 13.3. The van der Waals surface area contributed by atoms with Gasteiger partial charge < -0.3 is 10.1 Å². The first-order valence-corrected chi connectivity index (χ1v) is 13.4. The largest absolute Gasteiger partial charge is 0.469 e. The number of esters is 1. The number of aromatic nitrogens is 5. The highest BCUT2D eigenvalue weighted by Gasteiger charge is 2.56. The van der Waals surface area contributed by atoms with E-state index in [2.05, 4.69) is 65.4 Å². The summed E-state index contributed by atoms with van der Waals surface area (Å²) in [6.07, 6.45) is 11.0. The zero-order valence-electron chi connectivity index (χ0n) is 22.8. The second-order valence-electron chi connectivity index (χ2n) is 11.5. The van der Waals surface area contributed by atoms with Crippen LogP contribution in [0.1, 0.15) is 76.0 Å². The first-order valence-electron chi connectivity index (χ1n) is 13.4. The molecule has 200 valence electrons. The van der Waals surface area contributed by atoms with E-state index >= 15 is 0 Å². The maximum Gasteiger partial charge on any atom is 0.311 e. The molecule has 1 amide bonds. The summed E-state index contributed by atoms with van der Waals surface area (Å²) < 4.78 is 6.80. The van der Waals surface area contributed by atoms with Crippen LogP contribution in [0, 0.1) is 11.3 Å². The van der Waals surface area contributed by atoms with Crippen molar-refractivity contribution in [2.75, 3.05) is 12.4 Å². The normalized spacial score (nSPS) is 24.4. The second kappa shape index (κ2) is 9.93. The average molecular weight is 517 g/mol. The lowest BCUT2D eigenvalue weighted by atomic mass is 9.49. The van der Waals surface area contributed by atoms with Gasteiger partial charge in [0, 0.05) is 23.6 Å². The number of carbonyl (C=O) groups excluding carboxylic acids is 2. The Hall–Kier alpha value is -3.62.